The van der Waals surface area contributed by atoms with Gasteiger partial charge in [0, 0.05) is 16.1 Å². The minimum atomic E-state index is -0.146. The number of thioether (sulfide) groups is 1. The number of hydrogen-bond acceptors (Lipinski definition) is 3. The predicted octanol–water partition coefficient (Wildman–Crippen LogP) is 4.10. The first-order valence-corrected chi connectivity index (χ1v) is 7.04. The lowest BCUT2D eigenvalue weighted by Crippen LogP contribution is -2.05. The highest BCUT2D eigenvalue weighted by atomic mass is 35.5. The molecule has 19 heavy (non-hydrogen) atoms. The molecule has 0 N–H and O–H groups in total. The van der Waals surface area contributed by atoms with Crippen LogP contribution in [0.2, 0.25) is 5.02 Å². The molecule has 96 valence electrons. The zero-order valence-electron chi connectivity index (χ0n) is 10.0. The number of benzene rings is 2. The van der Waals surface area contributed by atoms with Crippen LogP contribution in [0.1, 0.15) is 20.7 Å². The molecular formula is C15H11ClO2S. The summed E-state index contributed by atoms with van der Waals surface area (Å²) in [6.07, 6.45) is 0. The molecule has 0 saturated heterocycles. The highest BCUT2D eigenvalue weighted by Crippen LogP contribution is 2.17. The molecule has 0 aliphatic carbocycles. The maximum atomic E-state index is 11.9. The van der Waals surface area contributed by atoms with E-state index in [1.807, 2.05) is 6.07 Å². The molecule has 0 saturated carbocycles. The Balaban J connectivity index is 1.96. The molecular weight excluding hydrogens is 280 g/mol. The Morgan fingerprint density at radius 2 is 1.63 bits per heavy atom. The van der Waals surface area contributed by atoms with E-state index in [0.29, 0.717) is 16.1 Å². The van der Waals surface area contributed by atoms with Crippen LogP contribution in [0.3, 0.4) is 0 Å². The maximum absolute atomic E-state index is 11.9. The smallest absolute Gasteiger partial charge is 0.219 e. The van der Waals surface area contributed by atoms with Crippen LogP contribution in [0.15, 0.2) is 54.6 Å². The van der Waals surface area contributed by atoms with Crippen LogP contribution < -0.4 is 0 Å². The van der Waals surface area contributed by atoms with E-state index in [-0.39, 0.29) is 16.7 Å². The van der Waals surface area contributed by atoms with E-state index in [4.69, 9.17) is 11.6 Å². The van der Waals surface area contributed by atoms with Crippen molar-refractivity contribution in [1.82, 2.24) is 0 Å². The highest BCUT2D eigenvalue weighted by molar-refractivity contribution is 8.14. The molecule has 0 spiro atoms. The lowest BCUT2D eigenvalue weighted by Gasteiger charge is -2.01. The molecule has 2 aromatic carbocycles. The van der Waals surface area contributed by atoms with Gasteiger partial charge in [0.25, 0.3) is 0 Å². The van der Waals surface area contributed by atoms with Crippen LogP contribution >= 0.6 is 23.4 Å². The second-order valence-corrected chi connectivity index (χ2v) is 5.26. The van der Waals surface area contributed by atoms with Gasteiger partial charge in [-0.05, 0) is 12.1 Å². The Bertz CT molecular complexity index is 596. The van der Waals surface area contributed by atoms with Crippen molar-refractivity contribution in [2.24, 2.45) is 0 Å². The van der Waals surface area contributed by atoms with Crippen molar-refractivity contribution >= 4 is 34.3 Å². The van der Waals surface area contributed by atoms with Gasteiger partial charge in [-0.2, -0.15) is 0 Å². The lowest BCUT2D eigenvalue weighted by molar-refractivity contribution is 0.101. The second-order valence-electron chi connectivity index (χ2n) is 3.88. The maximum Gasteiger partial charge on any atom is 0.219 e. The van der Waals surface area contributed by atoms with Crippen molar-refractivity contribution in [2.45, 2.75) is 0 Å². The van der Waals surface area contributed by atoms with Crippen molar-refractivity contribution in [3.63, 3.8) is 0 Å². The van der Waals surface area contributed by atoms with Crippen molar-refractivity contribution < 1.29 is 9.59 Å². The Labute approximate surface area is 120 Å². The Morgan fingerprint density at radius 3 is 2.32 bits per heavy atom. The molecule has 0 bridgehead atoms. The van der Waals surface area contributed by atoms with Gasteiger partial charge in [0.15, 0.2) is 5.78 Å². The van der Waals surface area contributed by atoms with E-state index < -0.39 is 0 Å². The topological polar surface area (TPSA) is 34.1 Å². The van der Waals surface area contributed by atoms with Crippen LogP contribution in [-0.4, -0.2) is 16.7 Å². The van der Waals surface area contributed by atoms with Gasteiger partial charge in [0.1, 0.15) is 0 Å². The Morgan fingerprint density at radius 1 is 0.947 bits per heavy atom. The van der Waals surface area contributed by atoms with Crippen LogP contribution in [0.4, 0.5) is 0 Å². The fourth-order valence-electron chi connectivity index (χ4n) is 1.54. The van der Waals surface area contributed by atoms with E-state index in [0.717, 1.165) is 11.8 Å². The summed E-state index contributed by atoms with van der Waals surface area (Å²) in [5.74, 6) is 0.0796. The summed E-state index contributed by atoms with van der Waals surface area (Å²) in [5, 5.41) is 0.368. The SMILES string of the molecule is O=C(CSC(=O)c1cccc(Cl)c1)c1ccccc1. The molecule has 2 aromatic rings. The third-order valence-electron chi connectivity index (χ3n) is 2.49. The van der Waals surface area contributed by atoms with Crippen LogP contribution in [-0.2, 0) is 0 Å². The predicted molar refractivity (Wildman–Crippen MR) is 79.0 cm³/mol. The molecule has 0 radical (unpaired) electrons. The summed E-state index contributed by atoms with van der Waals surface area (Å²) in [6, 6.07) is 15.7. The summed E-state index contributed by atoms with van der Waals surface area (Å²) >= 11 is 6.81. The number of carbonyl (C=O) groups is 2. The summed E-state index contributed by atoms with van der Waals surface area (Å²) in [4.78, 5) is 23.7. The van der Waals surface area contributed by atoms with E-state index in [1.165, 1.54) is 0 Å². The van der Waals surface area contributed by atoms with Gasteiger partial charge in [-0.1, -0.05) is 65.8 Å². The molecule has 4 heteroatoms. The largest absolute Gasteiger partial charge is 0.293 e. The van der Waals surface area contributed by atoms with Crippen LogP contribution in [0.5, 0.6) is 0 Å². The minimum Gasteiger partial charge on any atom is -0.293 e. The van der Waals surface area contributed by atoms with Gasteiger partial charge in [-0.25, -0.2) is 0 Å². The van der Waals surface area contributed by atoms with E-state index in [2.05, 4.69) is 0 Å². The standard InChI is InChI=1S/C15H11ClO2S/c16-13-8-4-7-12(9-13)15(18)19-10-14(17)11-5-2-1-3-6-11/h1-9H,10H2. The molecule has 0 aromatic heterocycles. The molecule has 0 heterocycles. The molecule has 0 fully saturated rings. The summed E-state index contributed by atoms with van der Waals surface area (Å²) < 4.78 is 0. The number of halogens is 1. The molecule has 0 atom stereocenters. The monoisotopic (exact) mass is 290 g/mol. The Kier molecular flexibility index (Phi) is 4.77. The average molecular weight is 291 g/mol. The minimum absolute atomic E-state index is 0.0546. The van der Waals surface area contributed by atoms with Gasteiger partial charge in [-0.15, -0.1) is 0 Å². The average Bonchev–Trinajstić information content (AvgIpc) is 2.45. The van der Waals surface area contributed by atoms with Gasteiger partial charge in [-0.3, -0.25) is 9.59 Å². The first kappa shape index (κ1) is 13.8. The van der Waals surface area contributed by atoms with Gasteiger partial charge in [0.05, 0.1) is 5.75 Å². The zero-order valence-corrected chi connectivity index (χ0v) is 11.6. The van der Waals surface area contributed by atoms with E-state index in [9.17, 15) is 9.59 Å². The summed E-state index contributed by atoms with van der Waals surface area (Å²) in [5.41, 5.74) is 1.13. The molecule has 2 rings (SSSR count). The lowest BCUT2D eigenvalue weighted by atomic mass is 10.2. The number of ketones is 1. The van der Waals surface area contributed by atoms with Gasteiger partial charge in [0.2, 0.25) is 5.12 Å². The third-order valence-corrected chi connectivity index (χ3v) is 3.63. The molecule has 2 nitrogen and oxygen atoms in total. The molecule has 0 aliphatic rings. The van der Waals surface area contributed by atoms with E-state index >= 15 is 0 Å². The first-order chi connectivity index (χ1) is 9.16. The number of Topliss-reactive ketones (excluding diaryl/α,β-unsaturated/α-hetero) is 1. The number of hydrogen-bond donors (Lipinski definition) is 0. The third kappa shape index (κ3) is 3.94. The van der Waals surface area contributed by atoms with Crippen molar-refractivity contribution in [3.05, 3.63) is 70.7 Å². The summed E-state index contributed by atoms with van der Waals surface area (Å²) in [7, 11) is 0. The number of carbonyl (C=O) groups excluding carboxylic acids is 2. The van der Waals surface area contributed by atoms with Crippen molar-refractivity contribution in [3.8, 4) is 0 Å². The Hall–Kier alpha value is -1.58. The zero-order chi connectivity index (χ0) is 13.7. The van der Waals surface area contributed by atoms with Gasteiger partial charge >= 0.3 is 0 Å². The van der Waals surface area contributed by atoms with Crippen LogP contribution in [0.25, 0.3) is 0 Å². The molecule has 0 unspecified atom stereocenters. The fraction of sp³-hybridized carbons (Fsp3) is 0.0667. The fourth-order valence-corrected chi connectivity index (χ4v) is 2.45. The van der Waals surface area contributed by atoms with Crippen LogP contribution in [0, 0.1) is 0 Å². The molecule has 0 aliphatic heterocycles. The van der Waals surface area contributed by atoms with Crippen molar-refractivity contribution in [2.75, 3.05) is 5.75 Å². The summed E-state index contributed by atoms with van der Waals surface area (Å²) in [6.45, 7) is 0. The molecule has 0 amide bonds. The van der Waals surface area contributed by atoms with Gasteiger partial charge < -0.3 is 0 Å². The number of rotatable bonds is 4. The highest BCUT2D eigenvalue weighted by Gasteiger charge is 2.11. The van der Waals surface area contributed by atoms with Crippen molar-refractivity contribution in [1.29, 1.82) is 0 Å². The first-order valence-electron chi connectivity index (χ1n) is 5.68. The second kappa shape index (κ2) is 6.55. The quantitative estimate of drug-likeness (QED) is 0.795. The normalized spacial score (nSPS) is 10.2. The van der Waals surface area contributed by atoms with E-state index in [1.54, 1.807) is 48.5 Å².